The van der Waals surface area contributed by atoms with Crippen LogP contribution in [0, 0.1) is 17.1 Å². The minimum atomic E-state index is -0.313. The summed E-state index contributed by atoms with van der Waals surface area (Å²) in [6.07, 6.45) is 0. The number of hydrogen-bond donors (Lipinski definition) is 0. The molecule has 0 heterocycles. The number of likely N-dealkylation sites (N-methyl/N-ethyl adjacent to an activating group) is 1. The van der Waals surface area contributed by atoms with E-state index >= 15 is 0 Å². The summed E-state index contributed by atoms with van der Waals surface area (Å²) in [6, 6.07) is 6.52. The van der Waals surface area contributed by atoms with Crippen LogP contribution < -0.4 is 0 Å². The van der Waals surface area contributed by atoms with Gasteiger partial charge in [-0.3, -0.25) is 4.90 Å². The van der Waals surface area contributed by atoms with E-state index < -0.39 is 0 Å². The number of halogens is 1. The Kier molecular flexibility index (Phi) is 5.08. The zero-order valence-electron chi connectivity index (χ0n) is 10.4. The molecule has 0 aliphatic rings. The second-order valence-electron chi connectivity index (χ2n) is 4.13. The highest BCUT2D eigenvalue weighted by molar-refractivity contribution is 5.37. The maximum atomic E-state index is 13.1. The molecule has 0 N–H and O–H groups in total. The van der Waals surface area contributed by atoms with Crippen molar-refractivity contribution in [1.82, 2.24) is 4.90 Å². The molecule has 0 aromatic heterocycles. The summed E-state index contributed by atoms with van der Waals surface area (Å²) in [4.78, 5) is 2.03. The zero-order valence-corrected chi connectivity index (χ0v) is 10.4. The molecular weight excluding hydrogens is 219 g/mol. The molecule has 0 amide bonds. The van der Waals surface area contributed by atoms with Gasteiger partial charge in [0.25, 0.3) is 0 Å². The highest BCUT2D eigenvalue weighted by atomic mass is 19.1. The molecule has 1 rings (SSSR count). The molecule has 0 saturated carbocycles. The Labute approximate surface area is 101 Å². The first kappa shape index (κ1) is 13.6. The Morgan fingerprint density at radius 1 is 1.53 bits per heavy atom. The van der Waals surface area contributed by atoms with Crippen LogP contribution in [-0.2, 0) is 11.3 Å². The van der Waals surface area contributed by atoms with Crippen LogP contribution in [0.3, 0.4) is 0 Å². The normalized spacial score (nSPS) is 12.5. The van der Waals surface area contributed by atoms with Gasteiger partial charge in [0.1, 0.15) is 5.82 Å². The third-order valence-electron chi connectivity index (χ3n) is 2.77. The average Bonchev–Trinajstić information content (AvgIpc) is 2.29. The van der Waals surface area contributed by atoms with Crippen molar-refractivity contribution in [3.8, 4) is 6.07 Å². The molecule has 0 saturated heterocycles. The first-order valence-electron chi connectivity index (χ1n) is 5.46. The van der Waals surface area contributed by atoms with Gasteiger partial charge in [-0.05, 0) is 37.7 Å². The molecular formula is C13H17FN2O. The van der Waals surface area contributed by atoms with E-state index in [1.807, 2.05) is 18.9 Å². The van der Waals surface area contributed by atoms with Crippen molar-refractivity contribution in [1.29, 1.82) is 5.26 Å². The number of ether oxygens (including phenoxy) is 1. The van der Waals surface area contributed by atoms with Gasteiger partial charge >= 0.3 is 0 Å². The maximum Gasteiger partial charge on any atom is 0.123 e. The lowest BCUT2D eigenvalue weighted by atomic mass is 10.1. The van der Waals surface area contributed by atoms with Crippen molar-refractivity contribution in [2.75, 3.05) is 20.8 Å². The van der Waals surface area contributed by atoms with Gasteiger partial charge in [0.2, 0.25) is 0 Å². The first-order valence-corrected chi connectivity index (χ1v) is 5.46. The zero-order chi connectivity index (χ0) is 12.8. The molecule has 17 heavy (non-hydrogen) atoms. The number of rotatable bonds is 5. The van der Waals surface area contributed by atoms with Gasteiger partial charge in [-0.2, -0.15) is 5.26 Å². The summed E-state index contributed by atoms with van der Waals surface area (Å²) in [5.41, 5.74) is 1.22. The molecule has 92 valence electrons. The monoisotopic (exact) mass is 236 g/mol. The fourth-order valence-corrected chi connectivity index (χ4v) is 1.60. The highest BCUT2D eigenvalue weighted by Crippen LogP contribution is 2.13. The summed E-state index contributed by atoms with van der Waals surface area (Å²) in [5, 5.41) is 8.95. The Bertz CT molecular complexity index is 414. The molecule has 1 unspecified atom stereocenters. The van der Waals surface area contributed by atoms with Crippen LogP contribution in [-0.4, -0.2) is 31.7 Å². The van der Waals surface area contributed by atoms with Crippen molar-refractivity contribution >= 4 is 0 Å². The largest absolute Gasteiger partial charge is 0.383 e. The topological polar surface area (TPSA) is 36.3 Å². The van der Waals surface area contributed by atoms with Crippen LogP contribution in [0.25, 0.3) is 0 Å². The van der Waals surface area contributed by atoms with Crippen LogP contribution >= 0.6 is 0 Å². The number of methoxy groups -OCH3 is 1. The van der Waals surface area contributed by atoms with Crippen molar-refractivity contribution in [3.05, 3.63) is 35.1 Å². The molecule has 0 aliphatic carbocycles. The van der Waals surface area contributed by atoms with Crippen LogP contribution in [0.2, 0.25) is 0 Å². The highest BCUT2D eigenvalue weighted by Gasteiger charge is 2.12. The lowest BCUT2D eigenvalue weighted by molar-refractivity contribution is 0.112. The van der Waals surface area contributed by atoms with E-state index in [1.54, 1.807) is 7.11 Å². The van der Waals surface area contributed by atoms with Gasteiger partial charge in [0.05, 0.1) is 18.2 Å². The lowest BCUT2D eigenvalue weighted by Crippen LogP contribution is -2.32. The molecule has 0 radical (unpaired) electrons. The van der Waals surface area contributed by atoms with E-state index in [2.05, 4.69) is 6.07 Å². The summed E-state index contributed by atoms with van der Waals surface area (Å²) in [6.45, 7) is 3.16. The van der Waals surface area contributed by atoms with Gasteiger partial charge < -0.3 is 4.74 Å². The summed E-state index contributed by atoms with van der Waals surface area (Å²) >= 11 is 0. The smallest absolute Gasteiger partial charge is 0.123 e. The number of nitriles is 1. The standard InChI is InChI=1S/C13H17FN2O/c1-10(9-17-3)16(2)8-12-6-13(14)5-4-11(12)7-15/h4-6,10H,8-9H2,1-3H3. The molecule has 0 fully saturated rings. The maximum absolute atomic E-state index is 13.1. The summed E-state index contributed by atoms with van der Waals surface area (Å²) in [5.74, 6) is -0.313. The fourth-order valence-electron chi connectivity index (χ4n) is 1.60. The van der Waals surface area contributed by atoms with E-state index in [0.29, 0.717) is 24.3 Å². The third kappa shape index (κ3) is 3.81. The minimum absolute atomic E-state index is 0.217. The predicted octanol–water partition coefficient (Wildman–Crippen LogP) is 2.16. The van der Waals surface area contributed by atoms with Crippen molar-refractivity contribution in [3.63, 3.8) is 0 Å². The molecule has 3 nitrogen and oxygen atoms in total. The van der Waals surface area contributed by atoms with Crippen LogP contribution in [0.4, 0.5) is 4.39 Å². The second kappa shape index (κ2) is 6.33. The van der Waals surface area contributed by atoms with Crippen molar-refractivity contribution in [2.45, 2.75) is 19.5 Å². The van der Waals surface area contributed by atoms with Gasteiger partial charge in [-0.25, -0.2) is 4.39 Å². The average molecular weight is 236 g/mol. The van der Waals surface area contributed by atoms with Crippen LogP contribution in [0.1, 0.15) is 18.1 Å². The second-order valence-corrected chi connectivity index (χ2v) is 4.13. The van der Waals surface area contributed by atoms with E-state index in [-0.39, 0.29) is 11.9 Å². The predicted molar refractivity (Wildman–Crippen MR) is 63.9 cm³/mol. The Morgan fingerprint density at radius 3 is 2.82 bits per heavy atom. The molecule has 1 aromatic rings. The summed E-state index contributed by atoms with van der Waals surface area (Å²) in [7, 11) is 3.57. The van der Waals surface area contributed by atoms with Crippen LogP contribution in [0.5, 0.6) is 0 Å². The Hall–Kier alpha value is -1.44. The van der Waals surface area contributed by atoms with Crippen molar-refractivity contribution in [2.24, 2.45) is 0 Å². The molecule has 0 spiro atoms. The van der Waals surface area contributed by atoms with E-state index in [9.17, 15) is 4.39 Å². The lowest BCUT2D eigenvalue weighted by Gasteiger charge is -2.24. The quantitative estimate of drug-likeness (QED) is 0.786. The number of nitrogens with zero attached hydrogens (tertiary/aromatic N) is 2. The minimum Gasteiger partial charge on any atom is -0.383 e. The van der Waals surface area contributed by atoms with E-state index in [4.69, 9.17) is 10.00 Å². The molecule has 4 heteroatoms. The molecule has 1 aromatic carbocycles. The van der Waals surface area contributed by atoms with E-state index in [0.717, 1.165) is 0 Å². The van der Waals surface area contributed by atoms with Gasteiger partial charge in [0, 0.05) is 19.7 Å². The summed E-state index contributed by atoms with van der Waals surface area (Å²) < 4.78 is 18.2. The number of benzene rings is 1. The van der Waals surface area contributed by atoms with Gasteiger partial charge in [-0.1, -0.05) is 0 Å². The van der Waals surface area contributed by atoms with E-state index in [1.165, 1.54) is 18.2 Å². The fraction of sp³-hybridized carbons (Fsp3) is 0.462. The molecule has 1 atom stereocenters. The molecule has 0 bridgehead atoms. The van der Waals surface area contributed by atoms with Crippen molar-refractivity contribution < 1.29 is 9.13 Å². The van der Waals surface area contributed by atoms with Crippen LogP contribution in [0.15, 0.2) is 18.2 Å². The molecule has 0 aliphatic heterocycles. The SMILES string of the molecule is COCC(C)N(C)Cc1cc(F)ccc1C#N. The Balaban J connectivity index is 2.80. The number of hydrogen-bond acceptors (Lipinski definition) is 3. The first-order chi connectivity index (χ1) is 8.08. The third-order valence-corrected chi connectivity index (χ3v) is 2.77. The Morgan fingerprint density at radius 2 is 2.24 bits per heavy atom. The van der Waals surface area contributed by atoms with Gasteiger partial charge in [0.15, 0.2) is 0 Å². The van der Waals surface area contributed by atoms with Gasteiger partial charge in [-0.15, -0.1) is 0 Å².